The third-order valence-electron chi connectivity index (χ3n) is 7.22. The number of rotatable bonds is 5. The normalized spacial score (nSPS) is 16.5. The van der Waals surface area contributed by atoms with Gasteiger partial charge < -0.3 is 20.7 Å². The number of fused-ring (bicyclic) bond motifs is 2. The smallest absolute Gasteiger partial charge is 0.323 e. The van der Waals surface area contributed by atoms with Crippen LogP contribution >= 0.6 is 0 Å². The number of nitrogens with one attached hydrogen (secondary N) is 1. The van der Waals surface area contributed by atoms with Gasteiger partial charge in [0.1, 0.15) is 18.3 Å². The van der Waals surface area contributed by atoms with Crippen molar-refractivity contribution in [3.8, 4) is 11.1 Å². The summed E-state index contributed by atoms with van der Waals surface area (Å²) in [4.78, 5) is 36.2. The van der Waals surface area contributed by atoms with Crippen molar-refractivity contribution >= 4 is 28.7 Å². The minimum atomic E-state index is -1.05. The fourth-order valence-electron chi connectivity index (χ4n) is 5.21. The van der Waals surface area contributed by atoms with Crippen molar-refractivity contribution in [2.45, 2.75) is 38.6 Å². The fraction of sp³-hybridized carbons (Fsp3) is 0.241. The summed E-state index contributed by atoms with van der Waals surface area (Å²) >= 11 is 0. The Morgan fingerprint density at radius 1 is 1.03 bits per heavy atom. The summed E-state index contributed by atoms with van der Waals surface area (Å²) in [6.45, 7) is 1.37. The molecule has 3 aromatic carbocycles. The molecule has 2 aliphatic heterocycles. The van der Waals surface area contributed by atoms with Gasteiger partial charge in [-0.25, -0.2) is 18.7 Å². The van der Waals surface area contributed by atoms with Gasteiger partial charge in [0.2, 0.25) is 5.95 Å². The van der Waals surface area contributed by atoms with Gasteiger partial charge in [-0.2, -0.15) is 0 Å². The molecule has 8 nitrogen and oxygen atoms in total. The van der Waals surface area contributed by atoms with Crippen molar-refractivity contribution in [2.24, 2.45) is 0 Å². The largest absolute Gasteiger partial charge is 0.460 e. The third-order valence-corrected chi connectivity index (χ3v) is 7.22. The molecule has 1 atom stereocenters. The van der Waals surface area contributed by atoms with Crippen LogP contribution in [0.25, 0.3) is 22.0 Å². The average Bonchev–Trinajstić information content (AvgIpc) is 3.63. The molecule has 1 saturated heterocycles. The lowest BCUT2D eigenvalue weighted by Crippen LogP contribution is -2.32. The number of nitrogens with two attached hydrogens (primary N) is 1. The van der Waals surface area contributed by atoms with E-state index in [4.69, 9.17) is 10.5 Å². The molecule has 3 heterocycles. The van der Waals surface area contributed by atoms with Gasteiger partial charge in [0.15, 0.2) is 11.6 Å². The maximum Gasteiger partial charge on any atom is 0.323 e. The summed E-state index contributed by atoms with van der Waals surface area (Å²) in [7, 11) is 0. The Balaban J connectivity index is 1.36. The number of ether oxygens (including phenoxy) is 1. The zero-order valence-electron chi connectivity index (χ0n) is 20.9. The van der Waals surface area contributed by atoms with Crippen LogP contribution < -0.4 is 11.1 Å². The maximum atomic E-state index is 14.4. The van der Waals surface area contributed by atoms with Crippen molar-refractivity contribution in [1.29, 1.82) is 0 Å². The second kappa shape index (κ2) is 10.0. The zero-order chi connectivity index (χ0) is 27.1. The molecule has 0 spiro atoms. The van der Waals surface area contributed by atoms with E-state index < -0.39 is 23.6 Å². The van der Waals surface area contributed by atoms with Gasteiger partial charge in [0.25, 0.3) is 5.91 Å². The minimum Gasteiger partial charge on any atom is -0.460 e. The fourth-order valence-corrected chi connectivity index (χ4v) is 5.21. The number of esters is 1. The molecular weight excluding hydrogens is 504 g/mol. The third kappa shape index (κ3) is 4.79. The predicted molar refractivity (Wildman–Crippen MR) is 140 cm³/mol. The Bertz CT molecular complexity index is 1600. The van der Waals surface area contributed by atoms with Crippen LogP contribution in [0.15, 0.2) is 54.6 Å². The Labute approximate surface area is 222 Å². The number of nitrogen functional groups attached to an aromatic ring is 1. The van der Waals surface area contributed by atoms with E-state index in [1.807, 2.05) is 24.3 Å². The van der Waals surface area contributed by atoms with Crippen LogP contribution in [0, 0.1) is 11.6 Å². The lowest BCUT2D eigenvalue weighted by atomic mass is 9.97. The van der Waals surface area contributed by atoms with Gasteiger partial charge in [0, 0.05) is 24.0 Å². The standard InChI is InChI=1S/C29H25F2N5O3/c30-22-11-19(15-39-28(38)25-6-3-9-33-25)20(12-23(22)31)16-7-8-24-21(10-16)26(35-29(32)34-24)27(37)36-13-17-4-1-2-5-18(17)14-36/h1-2,4-5,7-8,10-12,25,33H,3,6,9,13-15H2,(H2,32,34,35)/t25-/m0/s1. The molecular formula is C29H25F2N5O3. The van der Waals surface area contributed by atoms with Gasteiger partial charge in [-0.05, 0) is 65.9 Å². The van der Waals surface area contributed by atoms with E-state index in [1.54, 1.807) is 23.1 Å². The number of anilines is 1. The van der Waals surface area contributed by atoms with Gasteiger partial charge in [0.05, 0.1) is 5.52 Å². The SMILES string of the molecule is Nc1nc(C(=O)N2Cc3ccccc3C2)c2cc(-c3cc(F)c(F)cc3COC(=O)[C@@H]3CCCN3)ccc2n1. The molecule has 10 heteroatoms. The number of aromatic nitrogens is 2. The second-order valence-corrected chi connectivity index (χ2v) is 9.77. The molecule has 6 rings (SSSR count). The van der Waals surface area contributed by atoms with Crippen LogP contribution in [0.4, 0.5) is 14.7 Å². The monoisotopic (exact) mass is 529 g/mol. The Hall–Kier alpha value is -4.44. The summed E-state index contributed by atoms with van der Waals surface area (Å²) in [5, 5.41) is 3.48. The van der Waals surface area contributed by atoms with Gasteiger partial charge in [-0.1, -0.05) is 30.3 Å². The van der Waals surface area contributed by atoms with E-state index in [0.717, 1.165) is 36.2 Å². The predicted octanol–water partition coefficient (Wildman–Crippen LogP) is 4.11. The van der Waals surface area contributed by atoms with E-state index in [2.05, 4.69) is 15.3 Å². The Morgan fingerprint density at radius 3 is 2.49 bits per heavy atom. The first kappa shape index (κ1) is 24.9. The van der Waals surface area contributed by atoms with Crippen LogP contribution in [0.3, 0.4) is 0 Å². The van der Waals surface area contributed by atoms with E-state index in [1.165, 1.54) is 0 Å². The second-order valence-electron chi connectivity index (χ2n) is 9.77. The number of nitrogens with zero attached hydrogens (tertiary/aromatic N) is 3. The van der Waals surface area contributed by atoms with Crippen molar-refractivity contribution in [2.75, 3.05) is 12.3 Å². The number of carbonyl (C=O) groups excluding carboxylic acids is 2. The molecule has 0 radical (unpaired) electrons. The topological polar surface area (TPSA) is 110 Å². The summed E-state index contributed by atoms with van der Waals surface area (Å²) in [6, 6.07) is 14.5. The Morgan fingerprint density at radius 2 is 1.77 bits per heavy atom. The molecule has 39 heavy (non-hydrogen) atoms. The summed E-state index contributed by atoms with van der Waals surface area (Å²) < 4.78 is 34.1. The van der Waals surface area contributed by atoms with Crippen LogP contribution in [-0.2, 0) is 29.2 Å². The highest BCUT2D eigenvalue weighted by atomic mass is 19.2. The van der Waals surface area contributed by atoms with Crippen LogP contribution in [0.2, 0.25) is 0 Å². The van der Waals surface area contributed by atoms with Crippen molar-refractivity contribution in [1.82, 2.24) is 20.2 Å². The average molecular weight is 530 g/mol. The van der Waals surface area contributed by atoms with Gasteiger partial charge in [-0.15, -0.1) is 0 Å². The highest BCUT2D eigenvalue weighted by Crippen LogP contribution is 2.32. The maximum absolute atomic E-state index is 14.4. The number of carbonyl (C=O) groups is 2. The molecule has 0 aliphatic carbocycles. The van der Waals surface area contributed by atoms with Crippen LogP contribution in [0.5, 0.6) is 0 Å². The van der Waals surface area contributed by atoms with Crippen LogP contribution in [0.1, 0.15) is 40.0 Å². The zero-order valence-corrected chi connectivity index (χ0v) is 20.9. The first-order valence-electron chi connectivity index (χ1n) is 12.7. The van der Waals surface area contributed by atoms with Crippen LogP contribution in [-0.4, -0.2) is 39.3 Å². The molecule has 0 bridgehead atoms. The molecule has 1 aromatic heterocycles. The molecule has 0 unspecified atom stereocenters. The summed E-state index contributed by atoms with van der Waals surface area (Å²) in [6.07, 6.45) is 1.53. The number of benzene rings is 3. The molecule has 1 fully saturated rings. The lowest BCUT2D eigenvalue weighted by Gasteiger charge is -2.17. The highest BCUT2D eigenvalue weighted by molar-refractivity contribution is 6.06. The van der Waals surface area contributed by atoms with Gasteiger partial charge in [-0.3, -0.25) is 9.59 Å². The number of halogens is 2. The molecule has 3 N–H and O–H groups in total. The van der Waals surface area contributed by atoms with Crippen molar-refractivity contribution in [3.05, 3.63) is 88.6 Å². The van der Waals surface area contributed by atoms with Gasteiger partial charge >= 0.3 is 5.97 Å². The number of amides is 1. The van der Waals surface area contributed by atoms with E-state index in [9.17, 15) is 18.4 Å². The van der Waals surface area contributed by atoms with Crippen molar-refractivity contribution in [3.63, 3.8) is 0 Å². The van der Waals surface area contributed by atoms with E-state index in [-0.39, 0.29) is 24.2 Å². The first-order valence-corrected chi connectivity index (χ1v) is 12.7. The highest BCUT2D eigenvalue weighted by Gasteiger charge is 2.27. The summed E-state index contributed by atoms with van der Waals surface area (Å²) in [5.41, 5.74) is 9.72. The minimum absolute atomic E-state index is 0.0451. The number of hydrogen-bond donors (Lipinski definition) is 2. The quantitative estimate of drug-likeness (QED) is 0.375. The lowest BCUT2D eigenvalue weighted by molar-refractivity contribution is -0.147. The van der Waals surface area contributed by atoms with Crippen molar-refractivity contribution < 1.29 is 23.1 Å². The molecule has 2 aliphatic rings. The first-order chi connectivity index (χ1) is 18.9. The molecule has 4 aromatic rings. The van der Waals surface area contributed by atoms with E-state index >= 15 is 0 Å². The molecule has 198 valence electrons. The number of hydrogen-bond acceptors (Lipinski definition) is 7. The Kier molecular flexibility index (Phi) is 6.40. The molecule has 1 amide bonds. The molecule has 0 saturated carbocycles. The van der Waals surface area contributed by atoms with E-state index in [0.29, 0.717) is 47.1 Å². The summed E-state index contributed by atoms with van der Waals surface area (Å²) in [5.74, 6) is -2.89.